The number of furan rings is 1. The van der Waals surface area contributed by atoms with Crippen LogP contribution in [0.25, 0.3) is 11.3 Å². The first-order valence-electron chi connectivity index (χ1n) is 7.61. The molecule has 0 spiro atoms. The highest BCUT2D eigenvalue weighted by atomic mass is 79.9. The van der Waals surface area contributed by atoms with Gasteiger partial charge in [-0.15, -0.1) is 0 Å². The van der Waals surface area contributed by atoms with Crippen LogP contribution in [0.2, 0.25) is 19.6 Å². The molecule has 0 fully saturated rings. The average Bonchev–Trinajstić information content (AvgIpc) is 2.83. The lowest BCUT2D eigenvalue weighted by molar-refractivity contribution is 0.438. The summed E-state index contributed by atoms with van der Waals surface area (Å²) in [4.78, 5) is 3.63. The molecule has 0 radical (unpaired) electrons. The van der Waals surface area contributed by atoms with E-state index in [2.05, 4.69) is 25.6 Å². The monoisotopic (exact) mass is 447 g/mol. The summed E-state index contributed by atoms with van der Waals surface area (Å²) in [5, 5.41) is 10.6. The molecule has 2 N–H and O–H groups in total. The minimum atomic E-state index is -2.32. The third-order valence-corrected chi connectivity index (χ3v) is 5.25. The third kappa shape index (κ3) is 5.64. The van der Waals surface area contributed by atoms with Crippen LogP contribution in [0.5, 0.6) is 11.5 Å². The van der Waals surface area contributed by atoms with Gasteiger partial charge >= 0.3 is 0 Å². The smallest absolute Gasteiger partial charge is 0.242 e. The highest BCUT2D eigenvalue weighted by Gasteiger charge is 2.30. The van der Waals surface area contributed by atoms with E-state index in [1.165, 1.54) is 0 Å². The van der Waals surface area contributed by atoms with Gasteiger partial charge in [-0.2, -0.15) is 0 Å². The van der Waals surface area contributed by atoms with Crippen molar-refractivity contribution in [1.29, 1.82) is 0 Å². The van der Waals surface area contributed by atoms with Gasteiger partial charge in [0.15, 0.2) is 17.3 Å². The molecule has 2 aromatic heterocycles. The predicted molar refractivity (Wildman–Crippen MR) is 101 cm³/mol. The second-order valence-electron chi connectivity index (χ2n) is 6.31. The maximum atomic E-state index is 10.6. The fourth-order valence-electron chi connectivity index (χ4n) is 2.13. The molecule has 2 aromatic rings. The number of hydrogen-bond donors (Lipinski definition) is 2. The molecule has 0 saturated carbocycles. The summed E-state index contributed by atoms with van der Waals surface area (Å²) in [6.45, 7) is 6.23. The van der Waals surface area contributed by atoms with Gasteiger partial charge in [0.05, 0.1) is 4.83 Å². The largest absolute Gasteiger partial charge is 0.760 e. The summed E-state index contributed by atoms with van der Waals surface area (Å²) >= 11 is 1.17. The van der Waals surface area contributed by atoms with Gasteiger partial charge in [0, 0.05) is 35.8 Å². The van der Waals surface area contributed by atoms with Gasteiger partial charge < -0.3 is 18.5 Å². The van der Waals surface area contributed by atoms with Crippen molar-refractivity contribution in [3.8, 4) is 22.8 Å². The Morgan fingerprint density at radius 3 is 2.64 bits per heavy atom. The van der Waals surface area contributed by atoms with Crippen LogP contribution in [0.1, 0.15) is 17.0 Å². The van der Waals surface area contributed by atoms with E-state index in [4.69, 9.17) is 8.84 Å². The Hall–Kier alpha value is -1.20. The quantitative estimate of drug-likeness (QED) is 0.364. The number of pyridine rings is 1. The zero-order valence-corrected chi connectivity index (χ0v) is 17.5. The van der Waals surface area contributed by atoms with E-state index in [1.54, 1.807) is 24.5 Å². The lowest BCUT2D eigenvalue weighted by Crippen LogP contribution is -2.29. The Morgan fingerprint density at radius 1 is 1.44 bits per heavy atom. The predicted octanol–water partition coefficient (Wildman–Crippen LogP) is 3.47. The van der Waals surface area contributed by atoms with Crippen molar-refractivity contribution in [2.45, 2.75) is 30.9 Å². The van der Waals surface area contributed by atoms with Crippen molar-refractivity contribution in [3.05, 3.63) is 30.3 Å². The van der Waals surface area contributed by atoms with Crippen molar-refractivity contribution in [2.24, 2.45) is 0 Å². The van der Waals surface area contributed by atoms with Crippen molar-refractivity contribution in [3.63, 3.8) is 0 Å². The van der Waals surface area contributed by atoms with Crippen LogP contribution in [0.4, 0.5) is 0 Å². The number of nitrogens with zero attached hydrogens (tertiary/aromatic N) is 1. The zero-order valence-electron chi connectivity index (χ0n) is 14.1. The standard InChI is InChI=1S/C15H21BrN2O5SSi/c1-25(2,3)23-15-12(19)13(10-4-7-17-8-5-10)22-14(15)11(16)6-9-18-24(20)21/h4-5,7-8,11,18-19H,6,9H2,1-3H3,(H,20,21)/p-1. The van der Waals surface area contributed by atoms with E-state index in [9.17, 15) is 13.9 Å². The Morgan fingerprint density at radius 2 is 2.08 bits per heavy atom. The van der Waals surface area contributed by atoms with Crippen LogP contribution in [-0.4, -0.2) is 33.7 Å². The first-order valence-corrected chi connectivity index (χ1v) is 13.0. The summed E-state index contributed by atoms with van der Waals surface area (Å²) in [7, 11) is -2.01. The molecule has 0 aromatic carbocycles. The van der Waals surface area contributed by atoms with Gasteiger partial charge in [-0.25, -0.2) is 4.72 Å². The molecule has 0 saturated heterocycles. The molecule has 2 unspecified atom stereocenters. The fourth-order valence-corrected chi connectivity index (χ4v) is 3.76. The molecular weight excluding hydrogens is 428 g/mol. The average molecular weight is 448 g/mol. The third-order valence-electron chi connectivity index (χ3n) is 3.12. The molecule has 2 atom stereocenters. The summed E-state index contributed by atoms with van der Waals surface area (Å²) in [6.07, 6.45) is 3.64. The van der Waals surface area contributed by atoms with Crippen LogP contribution in [0, 0.1) is 0 Å². The van der Waals surface area contributed by atoms with Crippen LogP contribution in [0.3, 0.4) is 0 Å². The van der Waals surface area contributed by atoms with E-state index in [-0.39, 0.29) is 17.1 Å². The molecule has 0 bridgehead atoms. The van der Waals surface area contributed by atoms with Gasteiger partial charge in [0.1, 0.15) is 0 Å². The number of aromatic nitrogens is 1. The Labute approximate surface area is 158 Å². The molecule has 0 aliphatic carbocycles. The van der Waals surface area contributed by atoms with E-state index in [0.29, 0.717) is 29.3 Å². The Balaban J connectivity index is 2.37. The lowest BCUT2D eigenvalue weighted by atomic mass is 10.2. The van der Waals surface area contributed by atoms with Gasteiger partial charge in [0.25, 0.3) is 0 Å². The van der Waals surface area contributed by atoms with Gasteiger partial charge in [-0.05, 0) is 38.2 Å². The molecule has 10 heteroatoms. The fraction of sp³-hybridized carbons (Fsp3) is 0.400. The Kier molecular flexibility index (Phi) is 6.80. The van der Waals surface area contributed by atoms with E-state index < -0.39 is 19.6 Å². The SMILES string of the molecule is C[Si](C)(C)Oc1c(C(Br)CCNS(=O)[O-])oc(-c2ccncc2)c1O. The second-order valence-corrected chi connectivity index (χ2v) is 12.6. The molecule has 0 aliphatic heterocycles. The van der Waals surface area contributed by atoms with Crippen LogP contribution in [-0.2, 0) is 11.3 Å². The molecular formula is C15H20BrN2O5SSi-. The van der Waals surface area contributed by atoms with Gasteiger partial charge in [0.2, 0.25) is 14.1 Å². The minimum absolute atomic E-state index is 0.0616. The number of hydrogen-bond acceptors (Lipinski definition) is 6. The summed E-state index contributed by atoms with van der Waals surface area (Å²) in [5.74, 6) is 0.977. The van der Waals surface area contributed by atoms with E-state index in [1.807, 2.05) is 19.6 Å². The maximum Gasteiger partial charge on any atom is 0.242 e. The van der Waals surface area contributed by atoms with E-state index in [0.717, 1.165) is 0 Å². The minimum Gasteiger partial charge on any atom is -0.760 e. The summed E-state index contributed by atoms with van der Waals surface area (Å²) < 4.78 is 35.4. The van der Waals surface area contributed by atoms with Crippen molar-refractivity contribution >= 4 is 35.5 Å². The van der Waals surface area contributed by atoms with Crippen LogP contribution < -0.4 is 9.15 Å². The zero-order chi connectivity index (χ0) is 18.6. The topological polar surface area (TPSA) is 108 Å². The first-order chi connectivity index (χ1) is 11.7. The molecule has 2 rings (SSSR count). The molecule has 25 heavy (non-hydrogen) atoms. The molecule has 0 aliphatic rings. The molecule has 2 heterocycles. The van der Waals surface area contributed by atoms with Gasteiger partial charge in [-0.3, -0.25) is 9.19 Å². The highest BCUT2D eigenvalue weighted by molar-refractivity contribution is 9.09. The Bertz CT molecular complexity index is 736. The van der Waals surface area contributed by atoms with E-state index >= 15 is 0 Å². The van der Waals surface area contributed by atoms with Crippen molar-refractivity contribution < 1.29 is 22.7 Å². The number of nitrogens with one attached hydrogen (secondary N) is 1. The number of aromatic hydroxyl groups is 1. The summed E-state index contributed by atoms with van der Waals surface area (Å²) in [6, 6.07) is 3.46. The molecule has 7 nitrogen and oxygen atoms in total. The lowest BCUT2D eigenvalue weighted by Gasteiger charge is -2.20. The van der Waals surface area contributed by atoms with Crippen LogP contribution >= 0.6 is 15.9 Å². The number of rotatable bonds is 8. The molecule has 0 amide bonds. The number of alkyl halides is 1. The maximum absolute atomic E-state index is 10.6. The van der Waals surface area contributed by atoms with Crippen molar-refractivity contribution in [1.82, 2.24) is 9.71 Å². The first kappa shape index (κ1) is 20.1. The van der Waals surface area contributed by atoms with Gasteiger partial charge in [-0.1, -0.05) is 15.9 Å². The summed E-state index contributed by atoms with van der Waals surface area (Å²) in [5.41, 5.74) is 0.678. The second kappa shape index (κ2) is 8.45. The number of halogens is 1. The normalized spacial score (nSPS) is 14.3. The molecule has 138 valence electrons. The highest BCUT2D eigenvalue weighted by Crippen LogP contribution is 2.48. The van der Waals surface area contributed by atoms with Crippen LogP contribution in [0.15, 0.2) is 28.9 Å². The van der Waals surface area contributed by atoms with Crippen molar-refractivity contribution in [2.75, 3.05) is 6.54 Å².